The molecule has 0 radical (unpaired) electrons. The number of hydrazone groups is 1. The van der Waals surface area contributed by atoms with Gasteiger partial charge in [-0.05, 0) is 30.3 Å². The van der Waals surface area contributed by atoms with Crippen LogP contribution in [0.25, 0.3) is 10.9 Å². The van der Waals surface area contributed by atoms with E-state index in [0.29, 0.717) is 22.8 Å². The van der Waals surface area contributed by atoms with Crippen LogP contribution < -0.4 is 19.6 Å². The van der Waals surface area contributed by atoms with Crippen molar-refractivity contribution in [1.29, 1.82) is 0 Å². The highest BCUT2D eigenvalue weighted by atomic mass is 16.5. The van der Waals surface area contributed by atoms with E-state index >= 15 is 0 Å². The van der Waals surface area contributed by atoms with E-state index < -0.39 is 0 Å². The van der Waals surface area contributed by atoms with Gasteiger partial charge in [-0.25, -0.2) is 5.43 Å². The van der Waals surface area contributed by atoms with Crippen LogP contribution in [-0.4, -0.2) is 38.4 Å². The van der Waals surface area contributed by atoms with E-state index in [1.807, 2.05) is 30.3 Å². The molecule has 0 spiro atoms. The molecule has 0 aliphatic heterocycles. The number of rotatable bonds is 6. The molecule has 0 fully saturated rings. The number of H-pyrrole nitrogens is 1. The van der Waals surface area contributed by atoms with Gasteiger partial charge in [-0.1, -0.05) is 6.07 Å². The molecule has 1 amide bonds. The molecule has 134 valence electrons. The molecular formula is C19H19N3O4. The van der Waals surface area contributed by atoms with Crippen molar-refractivity contribution in [3.05, 3.63) is 53.7 Å². The van der Waals surface area contributed by atoms with Gasteiger partial charge in [0.25, 0.3) is 5.91 Å². The number of carbonyl (C=O) groups excluding carboxylic acids is 1. The van der Waals surface area contributed by atoms with Gasteiger partial charge in [-0.15, -0.1) is 0 Å². The van der Waals surface area contributed by atoms with Gasteiger partial charge in [0.2, 0.25) is 0 Å². The summed E-state index contributed by atoms with van der Waals surface area (Å²) >= 11 is 0. The summed E-state index contributed by atoms with van der Waals surface area (Å²) in [6.07, 6.45) is 1.50. The highest BCUT2D eigenvalue weighted by molar-refractivity contribution is 5.98. The first-order chi connectivity index (χ1) is 12.7. The number of para-hydroxylation sites is 1. The van der Waals surface area contributed by atoms with E-state index in [-0.39, 0.29) is 5.91 Å². The second-order valence-electron chi connectivity index (χ2n) is 5.42. The SMILES string of the molecule is COc1ccc2cc(C(=O)N/N=C\c3cccc(OC)c3OC)[nH]c2c1. The number of fused-ring (bicyclic) bond motifs is 1. The number of methoxy groups -OCH3 is 3. The van der Waals surface area contributed by atoms with E-state index in [2.05, 4.69) is 15.5 Å². The minimum absolute atomic E-state index is 0.349. The maximum absolute atomic E-state index is 12.3. The first-order valence-electron chi connectivity index (χ1n) is 7.87. The van der Waals surface area contributed by atoms with Crippen LogP contribution in [0.4, 0.5) is 0 Å². The van der Waals surface area contributed by atoms with Crippen LogP contribution in [0.1, 0.15) is 16.1 Å². The fourth-order valence-electron chi connectivity index (χ4n) is 2.59. The molecule has 0 atom stereocenters. The first-order valence-corrected chi connectivity index (χ1v) is 7.87. The Kier molecular flexibility index (Phi) is 5.07. The van der Waals surface area contributed by atoms with Crippen molar-refractivity contribution in [2.75, 3.05) is 21.3 Å². The predicted octanol–water partition coefficient (Wildman–Crippen LogP) is 2.96. The van der Waals surface area contributed by atoms with Crippen molar-refractivity contribution >= 4 is 23.0 Å². The van der Waals surface area contributed by atoms with Gasteiger partial charge in [0.05, 0.1) is 27.5 Å². The quantitative estimate of drug-likeness (QED) is 0.527. The second-order valence-corrected chi connectivity index (χ2v) is 5.42. The van der Waals surface area contributed by atoms with Crippen LogP contribution in [0.2, 0.25) is 0 Å². The molecule has 7 nitrogen and oxygen atoms in total. The lowest BCUT2D eigenvalue weighted by atomic mass is 10.2. The largest absolute Gasteiger partial charge is 0.497 e. The van der Waals surface area contributed by atoms with E-state index in [1.165, 1.54) is 6.21 Å². The van der Waals surface area contributed by atoms with E-state index in [0.717, 1.165) is 16.7 Å². The number of aromatic nitrogens is 1. The van der Waals surface area contributed by atoms with Crippen molar-refractivity contribution in [2.45, 2.75) is 0 Å². The Labute approximate surface area is 150 Å². The number of amides is 1. The number of hydrogen-bond donors (Lipinski definition) is 2. The number of hydrogen-bond acceptors (Lipinski definition) is 5. The van der Waals surface area contributed by atoms with Crippen LogP contribution in [0.15, 0.2) is 47.6 Å². The van der Waals surface area contributed by atoms with Gasteiger partial charge < -0.3 is 19.2 Å². The standard InChI is InChI=1S/C19H19N3O4/c1-24-14-8-7-12-9-16(21-15(12)10-14)19(23)22-20-11-13-5-4-6-17(25-2)18(13)26-3/h4-11,21H,1-3H3,(H,22,23)/b20-11-. The zero-order valence-electron chi connectivity index (χ0n) is 14.7. The van der Waals surface area contributed by atoms with E-state index in [4.69, 9.17) is 14.2 Å². The normalized spacial score (nSPS) is 10.9. The zero-order valence-corrected chi connectivity index (χ0v) is 14.7. The number of carbonyl (C=O) groups is 1. The Hall–Kier alpha value is -3.48. The molecule has 1 heterocycles. The van der Waals surface area contributed by atoms with Gasteiger partial charge in [0.15, 0.2) is 11.5 Å². The Bertz CT molecular complexity index is 963. The summed E-state index contributed by atoms with van der Waals surface area (Å²) in [6.45, 7) is 0. The molecule has 26 heavy (non-hydrogen) atoms. The minimum Gasteiger partial charge on any atom is -0.497 e. The summed E-state index contributed by atoms with van der Waals surface area (Å²) in [6, 6.07) is 12.7. The number of nitrogens with zero attached hydrogens (tertiary/aromatic N) is 1. The fourth-order valence-corrected chi connectivity index (χ4v) is 2.59. The summed E-state index contributed by atoms with van der Waals surface area (Å²) < 4.78 is 15.7. The summed E-state index contributed by atoms with van der Waals surface area (Å²) in [7, 11) is 4.71. The lowest BCUT2D eigenvalue weighted by Crippen LogP contribution is -2.17. The van der Waals surface area contributed by atoms with Crippen molar-refractivity contribution in [3.63, 3.8) is 0 Å². The fraction of sp³-hybridized carbons (Fsp3) is 0.158. The molecule has 2 aromatic carbocycles. The van der Waals surface area contributed by atoms with E-state index in [1.54, 1.807) is 33.5 Å². The Morgan fingerprint density at radius 2 is 1.92 bits per heavy atom. The first kappa shape index (κ1) is 17.3. The molecule has 0 aliphatic carbocycles. The number of aromatic amines is 1. The number of ether oxygens (including phenoxy) is 3. The van der Waals surface area contributed by atoms with E-state index in [9.17, 15) is 4.79 Å². The minimum atomic E-state index is -0.349. The highest BCUT2D eigenvalue weighted by Crippen LogP contribution is 2.29. The third kappa shape index (κ3) is 3.46. The van der Waals surface area contributed by atoms with Crippen LogP contribution in [-0.2, 0) is 0 Å². The Morgan fingerprint density at radius 1 is 1.08 bits per heavy atom. The van der Waals surface area contributed by atoms with Crippen molar-refractivity contribution in [2.24, 2.45) is 5.10 Å². The topological polar surface area (TPSA) is 84.9 Å². The lowest BCUT2D eigenvalue weighted by molar-refractivity contribution is 0.0951. The van der Waals surface area contributed by atoms with Crippen LogP contribution in [0, 0.1) is 0 Å². The lowest BCUT2D eigenvalue weighted by Gasteiger charge is -2.09. The molecule has 0 unspecified atom stereocenters. The average molecular weight is 353 g/mol. The highest BCUT2D eigenvalue weighted by Gasteiger charge is 2.10. The predicted molar refractivity (Wildman–Crippen MR) is 99.5 cm³/mol. The summed E-state index contributed by atoms with van der Waals surface area (Å²) in [5, 5.41) is 4.91. The third-order valence-electron chi connectivity index (χ3n) is 3.88. The molecule has 0 aliphatic rings. The van der Waals surface area contributed by atoms with Gasteiger partial charge in [0.1, 0.15) is 11.4 Å². The third-order valence-corrected chi connectivity index (χ3v) is 3.88. The maximum atomic E-state index is 12.3. The van der Waals surface area contributed by atoms with Crippen LogP contribution in [0.5, 0.6) is 17.2 Å². The Morgan fingerprint density at radius 3 is 2.65 bits per heavy atom. The molecule has 3 aromatic rings. The van der Waals surface area contributed by atoms with Gasteiger partial charge >= 0.3 is 0 Å². The van der Waals surface area contributed by atoms with Crippen LogP contribution >= 0.6 is 0 Å². The molecular weight excluding hydrogens is 334 g/mol. The molecule has 0 saturated carbocycles. The molecule has 0 bridgehead atoms. The van der Waals surface area contributed by atoms with Crippen molar-refractivity contribution in [1.82, 2.24) is 10.4 Å². The smallest absolute Gasteiger partial charge is 0.287 e. The van der Waals surface area contributed by atoms with Crippen molar-refractivity contribution in [3.8, 4) is 17.2 Å². The maximum Gasteiger partial charge on any atom is 0.287 e. The Balaban J connectivity index is 1.76. The van der Waals surface area contributed by atoms with Crippen LogP contribution in [0.3, 0.4) is 0 Å². The molecule has 2 N–H and O–H groups in total. The molecule has 0 saturated heterocycles. The summed E-state index contributed by atoms with van der Waals surface area (Å²) in [5.74, 6) is 1.51. The zero-order chi connectivity index (χ0) is 18.5. The number of nitrogens with one attached hydrogen (secondary N) is 2. The van der Waals surface area contributed by atoms with Gasteiger partial charge in [-0.3, -0.25) is 4.79 Å². The van der Waals surface area contributed by atoms with Crippen molar-refractivity contribution < 1.29 is 19.0 Å². The molecule has 3 rings (SSSR count). The molecule has 1 aromatic heterocycles. The summed E-state index contributed by atoms with van der Waals surface area (Å²) in [5.41, 5.74) is 4.40. The second kappa shape index (κ2) is 7.60. The number of benzene rings is 2. The summed E-state index contributed by atoms with van der Waals surface area (Å²) in [4.78, 5) is 15.3. The average Bonchev–Trinajstić information content (AvgIpc) is 3.10. The monoisotopic (exact) mass is 353 g/mol. The molecule has 7 heteroatoms. The van der Waals surface area contributed by atoms with Gasteiger partial charge in [0, 0.05) is 22.5 Å². The van der Waals surface area contributed by atoms with Gasteiger partial charge in [-0.2, -0.15) is 5.10 Å².